The molecule has 1 aromatic rings. The number of methoxy groups -OCH3 is 1. The van der Waals surface area contributed by atoms with E-state index >= 15 is 0 Å². The number of hydrogen-bond acceptors (Lipinski definition) is 3. The number of nitrogens with zero attached hydrogens (tertiary/aromatic N) is 1. The first-order valence-corrected chi connectivity index (χ1v) is 7.09. The Morgan fingerprint density at radius 3 is 2.47 bits per heavy atom. The van der Waals surface area contributed by atoms with Crippen LogP contribution in [0.3, 0.4) is 0 Å². The van der Waals surface area contributed by atoms with Crippen molar-refractivity contribution in [2.75, 3.05) is 7.11 Å². The van der Waals surface area contributed by atoms with Crippen LogP contribution < -0.4 is 4.74 Å². The smallest absolute Gasteiger partial charge is 0.143 e. The van der Waals surface area contributed by atoms with Gasteiger partial charge in [-0.3, -0.25) is 4.98 Å². The van der Waals surface area contributed by atoms with Crippen molar-refractivity contribution in [1.29, 1.82) is 0 Å². The van der Waals surface area contributed by atoms with Crippen molar-refractivity contribution >= 4 is 0 Å². The van der Waals surface area contributed by atoms with Gasteiger partial charge in [-0.15, -0.1) is 0 Å². The Kier molecular flexibility index (Phi) is 3.86. The molecule has 0 amide bonds. The molecule has 0 unspecified atom stereocenters. The third-order valence-electron chi connectivity index (χ3n) is 4.47. The van der Waals surface area contributed by atoms with Gasteiger partial charge in [0.2, 0.25) is 0 Å². The summed E-state index contributed by atoms with van der Waals surface area (Å²) in [5.41, 5.74) is 0.189. The summed E-state index contributed by atoms with van der Waals surface area (Å²) in [5.74, 6) is 1.36. The van der Waals surface area contributed by atoms with Crippen LogP contribution in [0.2, 0.25) is 0 Å². The number of aromatic nitrogens is 1. The molecule has 2 rings (SSSR count). The third kappa shape index (κ3) is 2.92. The molecule has 1 aromatic heterocycles. The van der Waals surface area contributed by atoms with Gasteiger partial charge in [-0.25, -0.2) is 0 Å². The second-order valence-electron chi connectivity index (χ2n) is 6.73. The van der Waals surface area contributed by atoms with E-state index in [1.54, 1.807) is 13.3 Å². The number of ether oxygens (including phenoxy) is 1. The van der Waals surface area contributed by atoms with E-state index in [0.29, 0.717) is 22.8 Å². The molecule has 0 aromatic carbocycles. The van der Waals surface area contributed by atoms with Crippen molar-refractivity contribution in [3.63, 3.8) is 0 Å². The predicted octanol–water partition coefficient (Wildman–Crippen LogP) is 3.51. The van der Waals surface area contributed by atoms with Crippen LogP contribution in [0.5, 0.6) is 5.75 Å². The van der Waals surface area contributed by atoms with Gasteiger partial charge in [-0.05, 0) is 49.1 Å². The first kappa shape index (κ1) is 14.3. The molecule has 0 aliphatic heterocycles. The summed E-state index contributed by atoms with van der Waals surface area (Å²) in [6.07, 6.45) is 5.34. The van der Waals surface area contributed by atoms with Crippen LogP contribution in [0, 0.1) is 11.3 Å². The number of rotatable bonds is 2. The summed E-state index contributed by atoms with van der Waals surface area (Å²) in [6, 6.07) is 3.71. The average molecular weight is 263 g/mol. The molecule has 0 radical (unpaired) electrons. The largest absolute Gasteiger partial charge is 0.495 e. The molecule has 3 nitrogen and oxygen atoms in total. The molecule has 0 saturated heterocycles. The lowest BCUT2D eigenvalue weighted by molar-refractivity contribution is -0.0346. The van der Waals surface area contributed by atoms with Gasteiger partial charge in [0.05, 0.1) is 7.11 Å². The maximum Gasteiger partial charge on any atom is 0.143 e. The van der Waals surface area contributed by atoms with Crippen LogP contribution in [0.4, 0.5) is 0 Å². The zero-order valence-electron chi connectivity index (χ0n) is 12.4. The second-order valence-corrected chi connectivity index (χ2v) is 6.73. The lowest BCUT2D eigenvalue weighted by atomic mass is 9.67. The summed E-state index contributed by atoms with van der Waals surface area (Å²) in [6.45, 7) is 6.84. The van der Waals surface area contributed by atoms with Crippen molar-refractivity contribution in [3.05, 3.63) is 24.0 Å². The first-order chi connectivity index (χ1) is 8.87. The highest BCUT2D eigenvalue weighted by atomic mass is 16.5. The molecule has 0 atom stereocenters. The van der Waals surface area contributed by atoms with Crippen LogP contribution in [0.15, 0.2) is 18.3 Å². The maximum atomic E-state index is 10.9. The van der Waals surface area contributed by atoms with Crippen molar-refractivity contribution in [2.45, 2.75) is 52.1 Å². The van der Waals surface area contributed by atoms with Crippen LogP contribution in [-0.2, 0) is 5.60 Å². The highest BCUT2D eigenvalue weighted by molar-refractivity contribution is 5.32. The van der Waals surface area contributed by atoms with E-state index in [-0.39, 0.29) is 0 Å². The van der Waals surface area contributed by atoms with Gasteiger partial charge in [-0.2, -0.15) is 0 Å². The van der Waals surface area contributed by atoms with Gasteiger partial charge in [0, 0.05) is 6.20 Å². The van der Waals surface area contributed by atoms with E-state index in [9.17, 15) is 5.11 Å². The van der Waals surface area contributed by atoms with Gasteiger partial charge in [0.25, 0.3) is 0 Å². The minimum atomic E-state index is -0.825. The molecular formula is C16H25NO2. The summed E-state index contributed by atoms with van der Waals surface area (Å²) in [4.78, 5) is 4.36. The zero-order valence-corrected chi connectivity index (χ0v) is 12.4. The van der Waals surface area contributed by atoms with Crippen molar-refractivity contribution < 1.29 is 9.84 Å². The van der Waals surface area contributed by atoms with Crippen molar-refractivity contribution in [2.24, 2.45) is 11.3 Å². The molecule has 106 valence electrons. The summed E-state index contributed by atoms with van der Waals surface area (Å²) < 4.78 is 5.34. The molecular weight excluding hydrogens is 238 g/mol. The minimum absolute atomic E-state index is 0.315. The molecule has 0 bridgehead atoms. The van der Waals surface area contributed by atoms with Gasteiger partial charge < -0.3 is 9.84 Å². The Balaban J connectivity index is 2.18. The van der Waals surface area contributed by atoms with E-state index in [1.807, 2.05) is 12.1 Å². The molecule has 1 aliphatic carbocycles. The average Bonchev–Trinajstić information content (AvgIpc) is 2.38. The van der Waals surface area contributed by atoms with Crippen LogP contribution in [0.25, 0.3) is 0 Å². The Labute approximate surface area is 116 Å². The Hall–Kier alpha value is -1.09. The normalized spacial score (nSPS) is 28.2. The zero-order chi connectivity index (χ0) is 14.1. The standard InChI is InChI=1S/C16H25NO2/c1-15(2,3)12-7-9-16(18,10-8-12)14-13(19-4)6-5-11-17-14/h5-6,11-12,18H,7-10H2,1-4H3. The Bertz CT molecular complexity index is 429. The quantitative estimate of drug-likeness (QED) is 0.887. The van der Waals surface area contributed by atoms with Crippen LogP contribution in [-0.4, -0.2) is 17.2 Å². The Morgan fingerprint density at radius 1 is 1.32 bits per heavy atom. The van der Waals surface area contributed by atoms with E-state index in [1.165, 1.54) is 0 Å². The minimum Gasteiger partial charge on any atom is -0.495 e. The van der Waals surface area contributed by atoms with Gasteiger partial charge in [0.1, 0.15) is 17.0 Å². The third-order valence-corrected chi connectivity index (χ3v) is 4.47. The molecule has 1 saturated carbocycles. The number of pyridine rings is 1. The van der Waals surface area contributed by atoms with Gasteiger partial charge in [-0.1, -0.05) is 20.8 Å². The molecule has 1 fully saturated rings. The first-order valence-electron chi connectivity index (χ1n) is 7.09. The Morgan fingerprint density at radius 2 is 1.95 bits per heavy atom. The highest BCUT2D eigenvalue weighted by Crippen LogP contribution is 2.46. The van der Waals surface area contributed by atoms with E-state index in [0.717, 1.165) is 25.7 Å². The monoisotopic (exact) mass is 263 g/mol. The molecule has 1 heterocycles. The van der Waals surface area contributed by atoms with Crippen molar-refractivity contribution in [3.8, 4) is 5.75 Å². The SMILES string of the molecule is COc1cccnc1C1(O)CCC(C(C)(C)C)CC1. The van der Waals surface area contributed by atoms with E-state index in [2.05, 4.69) is 25.8 Å². The number of hydrogen-bond donors (Lipinski definition) is 1. The number of aliphatic hydroxyl groups is 1. The molecule has 19 heavy (non-hydrogen) atoms. The highest BCUT2D eigenvalue weighted by Gasteiger charge is 2.40. The van der Waals surface area contributed by atoms with Gasteiger partial charge >= 0.3 is 0 Å². The molecule has 1 aliphatic rings. The molecule has 3 heteroatoms. The van der Waals surface area contributed by atoms with Crippen LogP contribution in [0.1, 0.15) is 52.1 Å². The topological polar surface area (TPSA) is 42.4 Å². The fourth-order valence-electron chi connectivity index (χ4n) is 3.10. The fraction of sp³-hybridized carbons (Fsp3) is 0.688. The molecule has 1 N–H and O–H groups in total. The van der Waals surface area contributed by atoms with E-state index in [4.69, 9.17) is 4.74 Å². The second kappa shape index (κ2) is 5.12. The summed E-state index contributed by atoms with van der Waals surface area (Å²) in [7, 11) is 1.63. The fourth-order valence-corrected chi connectivity index (χ4v) is 3.10. The van der Waals surface area contributed by atoms with Crippen molar-refractivity contribution in [1.82, 2.24) is 4.98 Å². The van der Waals surface area contributed by atoms with Gasteiger partial charge in [0.15, 0.2) is 0 Å². The predicted molar refractivity (Wildman–Crippen MR) is 76.1 cm³/mol. The maximum absolute atomic E-state index is 10.9. The lowest BCUT2D eigenvalue weighted by Crippen LogP contribution is -2.36. The molecule has 0 spiro atoms. The summed E-state index contributed by atoms with van der Waals surface area (Å²) >= 11 is 0. The lowest BCUT2D eigenvalue weighted by Gasteiger charge is -2.41. The van der Waals surface area contributed by atoms with E-state index < -0.39 is 5.60 Å². The van der Waals surface area contributed by atoms with Crippen LogP contribution >= 0.6 is 0 Å². The summed E-state index contributed by atoms with van der Waals surface area (Å²) in [5, 5.41) is 10.9.